The van der Waals surface area contributed by atoms with Crippen molar-refractivity contribution >= 4 is 17.5 Å². The van der Waals surface area contributed by atoms with Gasteiger partial charge < -0.3 is 5.73 Å². The van der Waals surface area contributed by atoms with E-state index in [-0.39, 0.29) is 10.7 Å². The van der Waals surface area contributed by atoms with Gasteiger partial charge in [0.05, 0.1) is 5.56 Å². The number of pyridine rings is 1. The molecule has 1 aromatic heterocycles. The van der Waals surface area contributed by atoms with Gasteiger partial charge in [-0.1, -0.05) is 38.3 Å². The number of hydrogen-bond acceptors (Lipinski definition) is 2. The summed E-state index contributed by atoms with van der Waals surface area (Å²) in [4.78, 5) is 15.2. The van der Waals surface area contributed by atoms with Crippen molar-refractivity contribution in [1.82, 2.24) is 4.98 Å². The molecule has 0 bridgehead atoms. The molecule has 4 heteroatoms. The first kappa shape index (κ1) is 14.0. The number of primary amides is 1. The third-order valence-electron chi connectivity index (χ3n) is 2.85. The number of rotatable bonds is 6. The van der Waals surface area contributed by atoms with Gasteiger partial charge in [-0.2, -0.15) is 0 Å². The molecule has 0 aromatic carbocycles. The smallest absolute Gasteiger partial charge is 0.251 e. The van der Waals surface area contributed by atoms with Crippen LogP contribution in [0.4, 0.5) is 0 Å². The molecule has 0 saturated carbocycles. The summed E-state index contributed by atoms with van der Waals surface area (Å²) in [5, 5.41) is 0.207. The summed E-state index contributed by atoms with van der Waals surface area (Å²) >= 11 is 5.89. The van der Waals surface area contributed by atoms with E-state index in [4.69, 9.17) is 17.3 Å². The van der Waals surface area contributed by atoms with Crippen molar-refractivity contribution in [2.45, 2.75) is 39.5 Å². The van der Waals surface area contributed by atoms with E-state index in [1.807, 2.05) is 6.07 Å². The molecule has 0 fully saturated rings. The first-order chi connectivity index (χ1) is 8.04. The first-order valence-corrected chi connectivity index (χ1v) is 6.37. The molecule has 17 heavy (non-hydrogen) atoms. The zero-order chi connectivity index (χ0) is 12.8. The summed E-state index contributed by atoms with van der Waals surface area (Å²) in [6.45, 7) is 4.43. The van der Waals surface area contributed by atoms with Crippen LogP contribution in [0, 0.1) is 5.92 Å². The normalized spacial score (nSPS) is 12.4. The fourth-order valence-electron chi connectivity index (χ4n) is 1.83. The van der Waals surface area contributed by atoms with Crippen LogP contribution in [0.3, 0.4) is 0 Å². The summed E-state index contributed by atoms with van der Waals surface area (Å²) in [5.74, 6) is 0.157. The molecule has 1 unspecified atom stereocenters. The van der Waals surface area contributed by atoms with E-state index in [2.05, 4.69) is 18.8 Å². The molecule has 0 aliphatic rings. The molecule has 1 amide bonds. The van der Waals surface area contributed by atoms with Gasteiger partial charge in [0.15, 0.2) is 0 Å². The second kappa shape index (κ2) is 6.60. The number of hydrogen-bond donors (Lipinski definition) is 1. The van der Waals surface area contributed by atoms with Gasteiger partial charge in [-0.05, 0) is 30.9 Å². The SMILES string of the molecule is CCCC(C)CCc1ccc(C(N)=O)c(Cl)n1. The second-order valence-corrected chi connectivity index (χ2v) is 4.80. The van der Waals surface area contributed by atoms with E-state index >= 15 is 0 Å². The highest BCUT2D eigenvalue weighted by molar-refractivity contribution is 6.32. The highest BCUT2D eigenvalue weighted by Gasteiger charge is 2.09. The van der Waals surface area contributed by atoms with E-state index in [1.54, 1.807) is 6.07 Å². The number of nitrogens with two attached hydrogens (primary N) is 1. The maximum absolute atomic E-state index is 11.0. The molecule has 1 atom stereocenters. The molecular formula is C13H19ClN2O. The third-order valence-corrected chi connectivity index (χ3v) is 3.13. The minimum absolute atomic E-state index is 0.207. The molecule has 0 spiro atoms. The average Bonchev–Trinajstić information content (AvgIpc) is 2.26. The number of amides is 1. The fraction of sp³-hybridized carbons (Fsp3) is 0.538. The second-order valence-electron chi connectivity index (χ2n) is 4.44. The number of halogens is 1. The van der Waals surface area contributed by atoms with E-state index in [1.165, 1.54) is 12.8 Å². The topological polar surface area (TPSA) is 56.0 Å². The van der Waals surface area contributed by atoms with Crippen LogP contribution in [0.25, 0.3) is 0 Å². The summed E-state index contributed by atoms with van der Waals surface area (Å²) in [5.41, 5.74) is 6.37. The molecule has 2 N–H and O–H groups in total. The lowest BCUT2D eigenvalue weighted by Gasteiger charge is -2.09. The Morgan fingerprint density at radius 2 is 2.18 bits per heavy atom. The average molecular weight is 255 g/mol. The van der Waals surface area contributed by atoms with Crippen LogP contribution in [0.1, 0.15) is 49.2 Å². The molecular weight excluding hydrogens is 236 g/mol. The predicted molar refractivity (Wildman–Crippen MR) is 70.2 cm³/mol. The number of carbonyl (C=O) groups excluding carboxylic acids is 1. The molecule has 3 nitrogen and oxygen atoms in total. The largest absolute Gasteiger partial charge is 0.366 e. The molecule has 0 radical (unpaired) electrons. The Balaban J connectivity index is 2.62. The summed E-state index contributed by atoms with van der Waals surface area (Å²) in [6.07, 6.45) is 4.41. The molecule has 0 aliphatic heterocycles. The van der Waals surface area contributed by atoms with Gasteiger partial charge >= 0.3 is 0 Å². The molecule has 0 aliphatic carbocycles. The van der Waals surface area contributed by atoms with Crippen LogP contribution >= 0.6 is 11.6 Å². The Hall–Kier alpha value is -1.09. The van der Waals surface area contributed by atoms with Gasteiger partial charge in [0.25, 0.3) is 5.91 Å². The number of aromatic nitrogens is 1. The highest BCUT2D eigenvalue weighted by Crippen LogP contribution is 2.17. The Labute approximate surface area is 107 Å². The van der Waals surface area contributed by atoms with E-state index in [0.29, 0.717) is 5.92 Å². The Kier molecular flexibility index (Phi) is 5.42. The Morgan fingerprint density at radius 1 is 1.47 bits per heavy atom. The van der Waals surface area contributed by atoms with Crippen LogP contribution in [0.15, 0.2) is 12.1 Å². The van der Waals surface area contributed by atoms with Crippen LogP contribution in [-0.4, -0.2) is 10.9 Å². The first-order valence-electron chi connectivity index (χ1n) is 5.99. The number of aryl methyl sites for hydroxylation is 1. The van der Waals surface area contributed by atoms with Gasteiger partial charge in [-0.3, -0.25) is 4.79 Å². The molecule has 1 heterocycles. The third kappa shape index (κ3) is 4.35. The van der Waals surface area contributed by atoms with Crippen LogP contribution < -0.4 is 5.73 Å². The van der Waals surface area contributed by atoms with E-state index in [0.717, 1.165) is 18.5 Å². The maximum Gasteiger partial charge on any atom is 0.251 e. The van der Waals surface area contributed by atoms with Gasteiger partial charge in [-0.15, -0.1) is 0 Å². The Bertz CT molecular complexity index is 393. The lowest BCUT2D eigenvalue weighted by molar-refractivity contribution is 0.1000. The summed E-state index contributed by atoms with van der Waals surface area (Å²) in [6, 6.07) is 3.47. The van der Waals surface area contributed by atoms with Gasteiger partial charge in [0.2, 0.25) is 0 Å². The van der Waals surface area contributed by atoms with Gasteiger partial charge in [0, 0.05) is 5.69 Å². The van der Waals surface area contributed by atoms with Crippen LogP contribution in [0.5, 0.6) is 0 Å². The maximum atomic E-state index is 11.0. The lowest BCUT2D eigenvalue weighted by atomic mass is 9.99. The van der Waals surface area contributed by atoms with Crippen molar-refractivity contribution in [2.24, 2.45) is 11.7 Å². The predicted octanol–water partition coefficient (Wildman–Crippen LogP) is 3.20. The fourth-order valence-corrected chi connectivity index (χ4v) is 2.09. The zero-order valence-corrected chi connectivity index (χ0v) is 11.1. The molecule has 1 aromatic rings. The summed E-state index contributed by atoms with van der Waals surface area (Å²) in [7, 11) is 0. The molecule has 0 saturated heterocycles. The van der Waals surface area contributed by atoms with Crippen molar-refractivity contribution < 1.29 is 4.79 Å². The Morgan fingerprint density at radius 3 is 2.71 bits per heavy atom. The van der Waals surface area contributed by atoms with Crippen LogP contribution in [0.2, 0.25) is 5.15 Å². The van der Waals surface area contributed by atoms with Crippen molar-refractivity contribution in [3.05, 3.63) is 28.5 Å². The van der Waals surface area contributed by atoms with Crippen LogP contribution in [-0.2, 0) is 6.42 Å². The standard InChI is InChI=1S/C13H19ClN2O/c1-3-4-9(2)5-6-10-7-8-11(13(15)17)12(14)16-10/h7-9H,3-6H2,1-2H3,(H2,15,17). The van der Waals surface area contributed by atoms with E-state index < -0.39 is 5.91 Å². The highest BCUT2D eigenvalue weighted by atomic mass is 35.5. The minimum atomic E-state index is -0.534. The lowest BCUT2D eigenvalue weighted by Crippen LogP contribution is -2.12. The van der Waals surface area contributed by atoms with Crippen molar-refractivity contribution in [3.63, 3.8) is 0 Å². The molecule has 94 valence electrons. The zero-order valence-electron chi connectivity index (χ0n) is 10.4. The van der Waals surface area contributed by atoms with Crippen molar-refractivity contribution in [1.29, 1.82) is 0 Å². The van der Waals surface area contributed by atoms with Crippen molar-refractivity contribution in [3.8, 4) is 0 Å². The minimum Gasteiger partial charge on any atom is -0.366 e. The quantitative estimate of drug-likeness (QED) is 0.793. The monoisotopic (exact) mass is 254 g/mol. The number of nitrogens with zero attached hydrogens (tertiary/aromatic N) is 1. The van der Waals surface area contributed by atoms with E-state index in [9.17, 15) is 4.79 Å². The number of carbonyl (C=O) groups is 1. The van der Waals surface area contributed by atoms with Gasteiger partial charge in [0.1, 0.15) is 5.15 Å². The summed E-state index contributed by atoms with van der Waals surface area (Å²) < 4.78 is 0. The van der Waals surface area contributed by atoms with Crippen molar-refractivity contribution in [2.75, 3.05) is 0 Å². The molecule has 1 rings (SSSR count). The van der Waals surface area contributed by atoms with Gasteiger partial charge in [-0.25, -0.2) is 4.98 Å².